The standard InChI is InChI=1S/C18H25NS/c1-2-19-17(13-14-7-4-3-5-8-14)16-10-6-9-15-11-12-20-18(15)16/h6,9-12,14,17,19H,2-5,7-8,13H2,1H3. The summed E-state index contributed by atoms with van der Waals surface area (Å²) in [5.41, 5.74) is 1.52. The molecule has 2 heteroatoms. The number of thiophene rings is 1. The van der Waals surface area contributed by atoms with Crippen LogP contribution in [0.25, 0.3) is 10.1 Å². The summed E-state index contributed by atoms with van der Waals surface area (Å²) in [6.45, 7) is 3.28. The largest absolute Gasteiger partial charge is 0.310 e. The maximum atomic E-state index is 3.73. The van der Waals surface area contributed by atoms with Gasteiger partial charge in [-0.25, -0.2) is 0 Å². The molecule has 3 rings (SSSR count). The average molecular weight is 287 g/mol. The van der Waals surface area contributed by atoms with Crippen LogP contribution in [0.1, 0.15) is 57.1 Å². The first kappa shape index (κ1) is 14.1. The van der Waals surface area contributed by atoms with Gasteiger partial charge in [-0.05, 0) is 41.3 Å². The van der Waals surface area contributed by atoms with E-state index in [1.807, 2.05) is 11.3 Å². The van der Waals surface area contributed by atoms with Gasteiger partial charge in [0.2, 0.25) is 0 Å². The second kappa shape index (κ2) is 6.73. The van der Waals surface area contributed by atoms with Crippen LogP contribution in [0.2, 0.25) is 0 Å². The summed E-state index contributed by atoms with van der Waals surface area (Å²) in [6, 6.07) is 9.56. The summed E-state index contributed by atoms with van der Waals surface area (Å²) in [5.74, 6) is 0.919. The minimum absolute atomic E-state index is 0.533. The topological polar surface area (TPSA) is 12.0 Å². The molecular formula is C18H25NS. The normalized spacial score (nSPS) is 18.4. The predicted molar refractivity (Wildman–Crippen MR) is 89.4 cm³/mol. The molecule has 0 aliphatic heterocycles. The highest BCUT2D eigenvalue weighted by atomic mass is 32.1. The fourth-order valence-corrected chi connectivity index (χ4v) is 4.58. The first-order valence-corrected chi connectivity index (χ1v) is 8.96. The van der Waals surface area contributed by atoms with Crippen LogP contribution < -0.4 is 5.32 Å². The smallest absolute Gasteiger partial charge is 0.0390 e. The molecule has 1 unspecified atom stereocenters. The Morgan fingerprint density at radius 2 is 2.05 bits per heavy atom. The fraction of sp³-hybridized carbons (Fsp3) is 0.556. The van der Waals surface area contributed by atoms with E-state index in [4.69, 9.17) is 0 Å². The van der Waals surface area contributed by atoms with Crippen molar-refractivity contribution in [1.82, 2.24) is 5.32 Å². The lowest BCUT2D eigenvalue weighted by Gasteiger charge is -2.27. The van der Waals surface area contributed by atoms with Gasteiger partial charge in [0.15, 0.2) is 0 Å². The van der Waals surface area contributed by atoms with E-state index in [1.165, 1.54) is 54.2 Å². The number of fused-ring (bicyclic) bond motifs is 1. The minimum Gasteiger partial charge on any atom is -0.310 e. The van der Waals surface area contributed by atoms with Crippen molar-refractivity contribution in [3.05, 3.63) is 35.2 Å². The summed E-state index contributed by atoms with van der Waals surface area (Å²) in [4.78, 5) is 0. The van der Waals surface area contributed by atoms with Gasteiger partial charge in [-0.3, -0.25) is 0 Å². The van der Waals surface area contributed by atoms with Gasteiger partial charge in [0.1, 0.15) is 0 Å². The van der Waals surface area contributed by atoms with E-state index in [1.54, 1.807) is 0 Å². The van der Waals surface area contributed by atoms with Gasteiger partial charge in [-0.15, -0.1) is 11.3 Å². The Labute approximate surface area is 126 Å². The van der Waals surface area contributed by atoms with Gasteiger partial charge in [-0.2, -0.15) is 0 Å². The molecule has 0 spiro atoms. The van der Waals surface area contributed by atoms with Gasteiger partial charge >= 0.3 is 0 Å². The first-order valence-electron chi connectivity index (χ1n) is 8.08. The number of nitrogens with one attached hydrogen (secondary N) is 1. The molecule has 1 fully saturated rings. The molecule has 0 bridgehead atoms. The molecule has 0 saturated heterocycles. The van der Waals surface area contributed by atoms with Crippen molar-refractivity contribution >= 4 is 21.4 Å². The fourth-order valence-electron chi connectivity index (χ4n) is 3.61. The number of hydrogen-bond donors (Lipinski definition) is 1. The number of rotatable bonds is 5. The van der Waals surface area contributed by atoms with E-state index in [0.717, 1.165) is 12.5 Å². The quantitative estimate of drug-likeness (QED) is 0.763. The van der Waals surface area contributed by atoms with E-state index in [0.29, 0.717) is 6.04 Å². The van der Waals surface area contributed by atoms with Gasteiger partial charge in [0, 0.05) is 10.7 Å². The molecule has 1 N–H and O–H groups in total. The van der Waals surface area contributed by atoms with Crippen molar-refractivity contribution in [3.8, 4) is 0 Å². The van der Waals surface area contributed by atoms with Crippen LogP contribution in [0.4, 0.5) is 0 Å². The molecule has 1 heterocycles. The van der Waals surface area contributed by atoms with E-state index in [2.05, 4.69) is 41.9 Å². The molecule has 1 atom stereocenters. The van der Waals surface area contributed by atoms with Crippen LogP contribution >= 0.6 is 11.3 Å². The van der Waals surface area contributed by atoms with Crippen LogP contribution in [-0.2, 0) is 0 Å². The molecule has 2 aromatic rings. The van der Waals surface area contributed by atoms with Gasteiger partial charge in [0.25, 0.3) is 0 Å². The molecule has 1 aliphatic carbocycles. The van der Waals surface area contributed by atoms with E-state index in [9.17, 15) is 0 Å². The van der Waals surface area contributed by atoms with E-state index < -0.39 is 0 Å². The molecule has 1 aromatic heterocycles. The lowest BCUT2D eigenvalue weighted by molar-refractivity contribution is 0.302. The first-order chi connectivity index (χ1) is 9.88. The van der Waals surface area contributed by atoms with Crippen molar-refractivity contribution in [2.24, 2.45) is 5.92 Å². The molecule has 1 aromatic carbocycles. The molecule has 20 heavy (non-hydrogen) atoms. The highest BCUT2D eigenvalue weighted by molar-refractivity contribution is 7.17. The van der Waals surface area contributed by atoms with Crippen LogP contribution in [-0.4, -0.2) is 6.54 Å². The summed E-state index contributed by atoms with van der Waals surface area (Å²) in [7, 11) is 0. The Balaban J connectivity index is 1.83. The lowest BCUT2D eigenvalue weighted by Crippen LogP contribution is -2.24. The minimum atomic E-state index is 0.533. The molecule has 0 radical (unpaired) electrons. The van der Waals surface area contributed by atoms with Crippen LogP contribution in [0, 0.1) is 5.92 Å². The van der Waals surface area contributed by atoms with Crippen molar-refractivity contribution in [1.29, 1.82) is 0 Å². The number of hydrogen-bond acceptors (Lipinski definition) is 2. The monoisotopic (exact) mass is 287 g/mol. The van der Waals surface area contributed by atoms with Crippen molar-refractivity contribution in [2.75, 3.05) is 6.54 Å². The third-order valence-electron chi connectivity index (χ3n) is 4.63. The van der Waals surface area contributed by atoms with Crippen molar-refractivity contribution < 1.29 is 0 Å². The van der Waals surface area contributed by atoms with Crippen LogP contribution in [0.3, 0.4) is 0 Å². The van der Waals surface area contributed by atoms with Crippen LogP contribution in [0.15, 0.2) is 29.6 Å². The Bertz CT molecular complexity index is 539. The summed E-state index contributed by atoms with van der Waals surface area (Å²) >= 11 is 1.89. The predicted octanol–water partition coefficient (Wildman–Crippen LogP) is 5.52. The zero-order chi connectivity index (χ0) is 13.8. The highest BCUT2D eigenvalue weighted by Crippen LogP contribution is 2.35. The maximum absolute atomic E-state index is 3.73. The Kier molecular flexibility index (Phi) is 4.74. The SMILES string of the molecule is CCNC(CC1CCCCC1)c1cccc2ccsc12. The molecule has 1 nitrogen and oxygen atoms in total. The molecule has 108 valence electrons. The Hall–Kier alpha value is -0.860. The zero-order valence-electron chi connectivity index (χ0n) is 12.4. The zero-order valence-corrected chi connectivity index (χ0v) is 13.2. The lowest BCUT2D eigenvalue weighted by atomic mass is 9.83. The highest BCUT2D eigenvalue weighted by Gasteiger charge is 2.21. The van der Waals surface area contributed by atoms with Gasteiger partial charge in [-0.1, -0.05) is 57.2 Å². The number of benzene rings is 1. The van der Waals surface area contributed by atoms with Gasteiger partial charge < -0.3 is 5.32 Å². The molecule has 1 saturated carbocycles. The third-order valence-corrected chi connectivity index (χ3v) is 5.61. The summed E-state index contributed by atoms with van der Waals surface area (Å²) in [5, 5.41) is 7.36. The molecule has 1 aliphatic rings. The maximum Gasteiger partial charge on any atom is 0.0390 e. The second-order valence-electron chi connectivity index (χ2n) is 6.04. The third kappa shape index (κ3) is 3.07. The van der Waals surface area contributed by atoms with Gasteiger partial charge in [0.05, 0.1) is 0 Å². The summed E-state index contributed by atoms with van der Waals surface area (Å²) < 4.78 is 1.48. The molecular weight excluding hydrogens is 262 g/mol. The van der Waals surface area contributed by atoms with Crippen molar-refractivity contribution in [3.63, 3.8) is 0 Å². The Morgan fingerprint density at radius 3 is 2.85 bits per heavy atom. The van der Waals surface area contributed by atoms with E-state index in [-0.39, 0.29) is 0 Å². The average Bonchev–Trinajstić information content (AvgIpc) is 2.96. The van der Waals surface area contributed by atoms with E-state index >= 15 is 0 Å². The Morgan fingerprint density at radius 1 is 1.20 bits per heavy atom. The summed E-state index contributed by atoms with van der Waals surface area (Å²) in [6.07, 6.45) is 8.50. The van der Waals surface area contributed by atoms with Crippen molar-refractivity contribution in [2.45, 2.75) is 51.5 Å². The molecule has 0 amide bonds. The second-order valence-corrected chi connectivity index (χ2v) is 6.95. The van der Waals surface area contributed by atoms with Crippen LogP contribution in [0.5, 0.6) is 0 Å².